The van der Waals surface area contributed by atoms with Crippen LogP contribution in [0.1, 0.15) is 28.9 Å². The van der Waals surface area contributed by atoms with Gasteiger partial charge in [-0.05, 0) is 19.8 Å². The first-order valence-electron chi connectivity index (χ1n) is 5.64. The summed E-state index contributed by atoms with van der Waals surface area (Å²) in [7, 11) is 1.84. The van der Waals surface area contributed by atoms with Gasteiger partial charge in [-0.1, -0.05) is 0 Å². The summed E-state index contributed by atoms with van der Waals surface area (Å²) in [5.74, 6) is 0.0681. The summed E-state index contributed by atoms with van der Waals surface area (Å²) in [5, 5.41) is 4.10. The fourth-order valence-electron chi connectivity index (χ4n) is 2.21. The van der Waals surface area contributed by atoms with E-state index in [1.807, 2.05) is 18.9 Å². The average Bonchev–Trinajstić information content (AvgIpc) is 2.86. The van der Waals surface area contributed by atoms with Gasteiger partial charge < -0.3 is 10.6 Å². The summed E-state index contributed by atoms with van der Waals surface area (Å²) in [5.41, 5.74) is 7.28. The van der Waals surface area contributed by atoms with Crippen molar-refractivity contribution in [2.45, 2.75) is 25.8 Å². The van der Waals surface area contributed by atoms with E-state index in [2.05, 4.69) is 5.10 Å². The van der Waals surface area contributed by atoms with Crippen molar-refractivity contribution in [3.8, 4) is 0 Å². The molecule has 0 bridgehead atoms. The van der Waals surface area contributed by atoms with Crippen LogP contribution in [0, 0.1) is 6.92 Å². The van der Waals surface area contributed by atoms with Crippen molar-refractivity contribution in [2.24, 2.45) is 12.8 Å². The molecule has 0 spiro atoms. The Balaban J connectivity index is 2.22. The van der Waals surface area contributed by atoms with Crippen LogP contribution in [0.15, 0.2) is 6.20 Å². The number of nitrogens with zero attached hydrogens (tertiary/aromatic N) is 3. The lowest BCUT2D eigenvalue weighted by molar-refractivity contribution is 0.0740. The van der Waals surface area contributed by atoms with Gasteiger partial charge in [-0.2, -0.15) is 5.10 Å². The van der Waals surface area contributed by atoms with E-state index >= 15 is 0 Å². The quantitative estimate of drug-likeness (QED) is 0.782. The number of carbonyl (C=O) groups excluding carboxylic acids is 1. The van der Waals surface area contributed by atoms with Gasteiger partial charge in [0.05, 0.1) is 11.8 Å². The third-order valence-electron chi connectivity index (χ3n) is 3.38. The molecular weight excluding hydrogens is 204 g/mol. The number of amides is 1. The zero-order valence-corrected chi connectivity index (χ0v) is 9.81. The molecule has 2 heterocycles. The smallest absolute Gasteiger partial charge is 0.257 e. The topological polar surface area (TPSA) is 64.2 Å². The van der Waals surface area contributed by atoms with Crippen LogP contribution in [0.2, 0.25) is 0 Å². The fourth-order valence-corrected chi connectivity index (χ4v) is 2.21. The molecule has 1 aliphatic rings. The molecule has 16 heavy (non-hydrogen) atoms. The number of aryl methyl sites for hydroxylation is 1. The molecule has 2 rings (SSSR count). The van der Waals surface area contributed by atoms with Crippen LogP contribution in [-0.2, 0) is 7.05 Å². The number of rotatable bonds is 2. The molecule has 1 saturated heterocycles. The number of hydrogen-bond donors (Lipinski definition) is 1. The minimum absolute atomic E-state index is 0.0681. The van der Waals surface area contributed by atoms with Crippen molar-refractivity contribution in [2.75, 3.05) is 13.1 Å². The molecular formula is C11H18N4O. The van der Waals surface area contributed by atoms with Gasteiger partial charge in [0.25, 0.3) is 5.91 Å². The van der Waals surface area contributed by atoms with Crippen LogP contribution < -0.4 is 5.73 Å². The van der Waals surface area contributed by atoms with Crippen molar-refractivity contribution in [1.82, 2.24) is 14.7 Å². The van der Waals surface area contributed by atoms with E-state index in [4.69, 9.17) is 5.73 Å². The van der Waals surface area contributed by atoms with Gasteiger partial charge in [-0.3, -0.25) is 9.48 Å². The van der Waals surface area contributed by atoms with Crippen LogP contribution in [0.4, 0.5) is 0 Å². The van der Waals surface area contributed by atoms with E-state index in [9.17, 15) is 4.79 Å². The molecule has 1 aromatic rings. The molecule has 1 unspecified atom stereocenters. The fraction of sp³-hybridized carbons (Fsp3) is 0.636. The second kappa shape index (κ2) is 4.25. The first kappa shape index (κ1) is 11.1. The van der Waals surface area contributed by atoms with Gasteiger partial charge >= 0.3 is 0 Å². The second-order valence-electron chi connectivity index (χ2n) is 4.30. The maximum atomic E-state index is 12.3. The van der Waals surface area contributed by atoms with Gasteiger partial charge in [0.2, 0.25) is 0 Å². The van der Waals surface area contributed by atoms with Crippen molar-refractivity contribution in [3.05, 3.63) is 17.5 Å². The average molecular weight is 222 g/mol. The number of nitrogens with two attached hydrogens (primary N) is 1. The zero-order chi connectivity index (χ0) is 11.7. The molecule has 2 N–H and O–H groups in total. The zero-order valence-electron chi connectivity index (χ0n) is 9.81. The van der Waals surface area contributed by atoms with Crippen LogP contribution >= 0.6 is 0 Å². The van der Waals surface area contributed by atoms with Crippen molar-refractivity contribution < 1.29 is 4.79 Å². The standard InChI is InChI=1S/C11H18N4O/c1-8-10(7-13-14(8)2)11(16)15-5-3-4-9(15)6-12/h7,9H,3-6,12H2,1-2H3. The monoisotopic (exact) mass is 222 g/mol. The van der Waals surface area contributed by atoms with Crippen LogP contribution in [0.5, 0.6) is 0 Å². The van der Waals surface area contributed by atoms with Gasteiger partial charge in [0.1, 0.15) is 0 Å². The third-order valence-corrected chi connectivity index (χ3v) is 3.38. The number of aromatic nitrogens is 2. The predicted molar refractivity (Wildman–Crippen MR) is 61.1 cm³/mol. The second-order valence-corrected chi connectivity index (χ2v) is 4.30. The van der Waals surface area contributed by atoms with Crippen molar-refractivity contribution >= 4 is 5.91 Å². The highest BCUT2D eigenvalue weighted by Gasteiger charge is 2.29. The molecule has 1 fully saturated rings. The molecule has 1 aliphatic heterocycles. The maximum absolute atomic E-state index is 12.3. The molecule has 0 saturated carbocycles. The molecule has 1 aromatic heterocycles. The molecule has 0 aliphatic carbocycles. The summed E-state index contributed by atoms with van der Waals surface area (Å²) in [4.78, 5) is 14.1. The molecule has 5 nitrogen and oxygen atoms in total. The molecule has 5 heteroatoms. The van der Waals surface area contributed by atoms with E-state index < -0.39 is 0 Å². The summed E-state index contributed by atoms with van der Waals surface area (Å²) >= 11 is 0. The summed E-state index contributed by atoms with van der Waals surface area (Å²) in [6.45, 7) is 3.27. The summed E-state index contributed by atoms with van der Waals surface area (Å²) in [6, 6.07) is 0.201. The van der Waals surface area contributed by atoms with E-state index in [-0.39, 0.29) is 11.9 Å². The van der Waals surface area contributed by atoms with Gasteiger partial charge in [-0.15, -0.1) is 0 Å². The Hall–Kier alpha value is -1.36. The van der Waals surface area contributed by atoms with Crippen LogP contribution in [0.25, 0.3) is 0 Å². The molecule has 0 radical (unpaired) electrons. The number of carbonyl (C=O) groups is 1. The Labute approximate surface area is 95.2 Å². The molecule has 88 valence electrons. The van der Waals surface area contributed by atoms with E-state index in [0.717, 1.165) is 25.1 Å². The third kappa shape index (κ3) is 1.71. The lowest BCUT2D eigenvalue weighted by Crippen LogP contribution is -2.40. The Bertz CT molecular complexity index is 399. The molecule has 0 aromatic carbocycles. The van der Waals surface area contributed by atoms with Crippen molar-refractivity contribution in [1.29, 1.82) is 0 Å². The summed E-state index contributed by atoms with van der Waals surface area (Å²) < 4.78 is 1.72. The summed E-state index contributed by atoms with van der Waals surface area (Å²) in [6.07, 6.45) is 3.71. The predicted octanol–water partition coefficient (Wildman–Crippen LogP) is 0.292. The number of likely N-dealkylation sites (tertiary alicyclic amines) is 1. The lowest BCUT2D eigenvalue weighted by Gasteiger charge is -2.23. The number of hydrogen-bond acceptors (Lipinski definition) is 3. The highest BCUT2D eigenvalue weighted by Crippen LogP contribution is 2.20. The van der Waals surface area contributed by atoms with E-state index in [1.54, 1.807) is 10.9 Å². The first-order chi connectivity index (χ1) is 7.65. The highest BCUT2D eigenvalue weighted by molar-refractivity contribution is 5.95. The van der Waals surface area contributed by atoms with E-state index in [1.165, 1.54) is 0 Å². The Morgan fingerprint density at radius 1 is 1.69 bits per heavy atom. The minimum Gasteiger partial charge on any atom is -0.334 e. The maximum Gasteiger partial charge on any atom is 0.257 e. The largest absolute Gasteiger partial charge is 0.334 e. The first-order valence-corrected chi connectivity index (χ1v) is 5.64. The Morgan fingerprint density at radius 2 is 2.44 bits per heavy atom. The van der Waals surface area contributed by atoms with Gasteiger partial charge in [0.15, 0.2) is 0 Å². The minimum atomic E-state index is 0.0681. The molecule has 1 atom stereocenters. The highest BCUT2D eigenvalue weighted by atomic mass is 16.2. The normalized spacial score (nSPS) is 20.4. The van der Waals surface area contributed by atoms with Crippen LogP contribution in [0.3, 0.4) is 0 Å². The lowest BCUT2D eigenvalue weighted by atomic mass is 10.2. The van der Waals surface area contributed by atoms with Gasteiger partial charge in [0, 0.05) is 31.9 Å². The van der Waals surface area contributed by atoms with Gasteiger partial charge in [-0.25, -0.2) is 0 Å². The molecule has 1 amide bonds. The SMILES string of the molecule is Cc1c(C(=O)N2CCCC2CN)cnn1C. The Kier molecular flexibility index (Phi) is 2.96. The van der Waals surface area contributed by atoms with Crippen LogP contribution in [-0.4, -0.2) is 39.7 Å². The Morgan fingerprint density at radius 3 is 3.00 bits per heavy atom. The van der Waals surface area contributed by atoms with Crippen molar-refractivity contribution in [3.63, 3.8) is 0 Å². The van der Waals surface area contributed by atoms with E-state index in [0.29, 0.717) is 12.1 Å².